The number of aromatic amines is 1. The molecule has 0 saturated heterocycles. The van der Waals surface area contributed by atoms with Crippen molar-refractivity contribution in [1.29, 1.82) is 0 Å². The van der Waals surface area contributed by atoms with Gasteiger partial charge in [0.1, 0.15) is 17.2 Å². The summed E-state index contributed by atoms with van der Waals surface area (Å²) in [4.78, 5) is 29.9. The van der Waals surface area contributed by atoms with Gasteiger partial charge in [-0.3, -0.25) is 9.59 Å². The van der Waals surface area contributed by atoms with Gasteiger partial charge in [-0.1, -0.05) is 62.4 Å². The third-order valence-corrected chi connectivity index (χ3v) is 8.08. The molecule has 2 aromatic heterocycles. The van der Waals surface area contributed by atoms with Crippen LogP contribution in [-0.4, -0.2) is 23.7 Å². The molecule has 0 radical (unpaired) electrons. The predicted molar refractivity (Wildman–Crippen MR) is 165 cm³/mol. The number of carbonyl (C=O) groups is 2. The van der Waals surface area contributed by atoms with E-state index in [0.717, 1.165) is 28.5 Å². The van der Waals surface area contributed by atoms with Gasteiger partial charge in [-0.15, -0.1) is 0 Å². The Morgan fingerprint density at radius 2 is 1.64 bits per heavy atom. The Balaban J connectivity index is 1.41. The molecule has 0 fully saturated rings. The molecule has 0 aliphatic carbocycles. The van der Waals surface area contributed by atoms with Gasteiger partial charge < -0.3 is 14.7 Å². The monoisotopic (exact) mass is 558 g/mol. The molecule has 1 amide bonds. The first-order valence-corrected chi connectivity index (χ1v) is 14.0. The van der Waals surface area contributed by atoms with Gasteiger partial charge in [-0.2, -0.15) is 0 Å². The molecule has 0 bridgehead atoms. The molecule has 6 aromatic rings. The van der Waals surface area contributed by atoms with Crippen LogP contribution >= 0.6 is 0 Å². The lowest BCUT2D eigenvalue weighted by Gasteiger charge is -2.25. The lowest BCUT2D eigenvalue weighted by atomic mass is 9.79. The molecule has 2 N–H and O–H groups in total. The van der Waals surface area contributed by atoms with Gasteiger partial charge in [0.05, 0.1) is 11.1 Å². The van der Waals surface area contributed by atoms with Crippen molar-refractivity contribution in [3.05, 3.63) is 120 Å². The SMILES string of the molecule is CNC(=O)c1c(-c2ccc(F)cc2)oc2c1cc(-c1cccc(C(=O)CCC(C)(C)c3ccccc3)c1)c1[nH]ccc12. The maximum absolute atomic E-state index is 13.7. The fourth-order valence-corrected chi connectivity index (χ4v) is 5.63. The zero-order chi connectivity index (χ0) is 29.4. The highest BCUT2D eigenvalue weighted by Crippen LogP contribution is 2.41. The molecule has 4 aromatic carbocycles. The largest absolute Gasteiger partial charge is 0.454 e. The van der Waals surface area contributed by atoms with E-state index < -0.39 is 0 Å². The van der Waals surface area contributed by atoms with Crippen LogP contribution < -0.4 is 5.32 Å². The van der Waals surface area contributed by atoms with Crippen LogP contribution in [0.3, 0.4) is 0 Å². The van der Waals surface area contributed by atoms with Crippen molar-refractivity contribution < 1.29 is 18.4 Å². The normalized spacial score (nSPS) is 11.7. The molecule has 6 rings (SSSR count). The molecule has 0 saturated carbocycles. The zero-order valence-electron chi connectivity index (χ0n) is 23.8. The second kappa shape index (κ2) is 10.8. The van der Waals surface area contributed by atoms with E-state index in [9.17, 15) is 14.0 Å². The quantitative estimate of drug-likeness (QED) is 0.184. The minimum Gasteiger partial charge on any atom is -0.454 e. The van der Waals surface area contributed by atoms with E-state index in [1.165, 1.54) is 17.7 Å². The summed E-state index contributed by atoms with van der Waals surface area (Å²) in [6, 6.07) is 27.6. The van der Waals surface area contributed by atoms with Gasteiger partial charge in [0.2, 0.25) is 0 Å². The number of carbonyl (C=O) groups excluding carboxylic acids is 2. The van der Waals surface area contributed by atoms with Gasteiger partial charge in [0.15, 0.2) is 5.78 Å². The lowest BCUT2D eigenvalue weighted by molar-refractivity contribution is 0.0959. The van der Waals surface area contributed by atoms with Crippen LogP contribution in [0.5, 0.6) is 0 Å². The molecule has 0 aliphatic rings. The van der Waals surface area contributed by atoms with Gasteiger partial charge in [-0.25, -0.2) is 4.39 Å². The van der Waals surface area contributed by atoms with Crippen molar-refractivity contribution in [2.45, 2.75) is 32.1 Å². The third-order valence-electron chi connectivity index (χ3n) is 8.08. The molecule has 0 aliphatic heterocycles. The number of hydrogen-bond donors (Lipinski definition) is 2. The molecule has 42 heavy (non-hydrogen) atoms. The number of halogens is 1. The molecule has 0 atom stereocenters. The molecular weight excluding hydrogens is 527 g/mol. The molecule has 2 heterocycles. The summed E-state index contributed by atoms with van der Waals surface area (Å²) in [6.45, 7) is 4.33. The van der Waals surface area contributed by atoms with E-state index in [1.54, 1.807) is 19.2 Å². The molecule has 0 spiro atoms. The summed E-state index contributed by atoms with van der Waals surface area (Å²) >= 11 is 0. The second-order valence-electron chi connectivity index (χ2n) is 11.2. The summed E-state index contributed by atoms with van der Waals surface area (Å²) in [5, 5.41) is 4.16. The first kappa shape index (κ1) is 27.2. The molecular formula is C36H31FN2O3. The Hall–Kier alpha value is -4.97. The maximum Gasteiger partial charge on any atom is 0.255 e. The van der Waals surface area contributed by atoms with E-state index in [-0.39, 0.29) is 22.9 Å². The minimum absolute atomic E-state index is 0.0811. The Labute approximate surface area is 243 Å². The van der Waals surface area contributed by atoms with E-state index in [1.807, 2.05) is 60.8 Å². The van der Waals surface area contributed by atoms with E-state index >= 15 is 0 Å². The van der Waals surface area contributed by atoms with Crippen molar-refractivity contribution in [1.82, 2.24) is 10.3 Å². The van der Waals surface area contributed by atoms with Crippen LogP contribution in [0.15, 0.2) is 102 Å². The van der Waals surface area contributed by atoms with Crippen LogP contribution in [0.1, 0.15) is 53.0 Å². The van der Waals surface area contributed by atoms with E-state index in [4.69, 9.17) is 4.42 Å². The number of amides is 1. The van der Waals surface area contributed by atoms with Crippen LogP contribution in [0, 0.1) is 5.82 Å². The topological polar surface area (TPSA) is 75.1 Å². The predicted octanol–water partition coefficient (Wildman–Crippen LogP) is 8.69. The number of fused-ring (bicyclic) bond motifs is 3. The maximum atomic E-state index is 13.7. The average Bonchev–Trinajstić information content (AvgIpc) is 3.65. The number of benzene rings is 4. The highest BCUT2D eigenvalue weighted by molar-refractivity contribution is 6.19. The van der Waals surface area contributed by atoms with E-state index in [2.05, 4.69) is 36.3 Å². The highest BCUT2D eigenvalue weighted by atomic mass is 19.1. The first-order valence-electron chi connectivity index (χ1n) is 14.0. The molecule has 5 nitrogen and oxygen atoms in total. The molecule has 6 heteroatoms. The highest BCUT2D eigenvalue weighted by Gasteiger charge is 2.26. The van der Waals surface area contributed by atoms with Gasteiger partial charge >= 0.3 is 0 Å². The number of nitrogens with one attached hydrogen (secondary N) is 2. The number of rotatable bonds is 8. The summed E-state index contributed by atoms with van der Waals surface area (Å²) in [5.41, 5.74) is 5.78. The van der Waals surface area contributed by atoms with Crippen LogP contribution in [0.2, 0.25) is 0 Å². The van der Waals surface area contributed by atoms with Gasteiger partial charge in [-0.05, 0) is 65.4 Å². The first-order chi connectivity index (χ1) is 20.3. The number of hydrogen-bond acceptors (Lipinski definition) is 3. The number of Topliss-reactive ketones (excluding diaryl/α,β-unsaturated/α-hetero) is 1. The van der Waals surface area contributed by atoms with Gasteiger partial charge in [0, 0.05) is 47.1 Å². The summed E-state index contributed by atoms with van der Waals surface area (Å²) < 4.78 is 20.0. The Bertz CT molecular complexity index is 1930. The zero-order valence-corrected chi connectivity index (χ0v) is 23.8. The average molecular weight is 559 g/mol. The van der Waals surface area contributed by atoms with Gasteiger partial charge in [0.25, 0.3) is 5.91 Å². The number of ketones is 1. The minimum atomic E-state index is -0.371. The van der Waals surface area contributed by atoms with Crippen molar-refractivity contribution in [2.75, 3.05) is 7.05 Å². The van der Waals surface area contributed by atoms with Crippen molar-refractivity contribution in [3.8, 4) is 22.5 Å². The Morgan fingerprint density at radius 3 is 2.38 bits per heavy atom. The smallest absolute Gasteiger partial charge is 0.255 e. The third kappa shape index (κ3) is 4.90. The Morgan fingerprint density at radius 1 is 0.881 bits per heavy atom. The Kier molecular flexibility index (Phi) is 6.99. The molecule has 0 unspecified atom stereocenters. The summed E-state index contributed by atoms with van der Waals surface area (Å²) in [5.74, 6) is -0.227. The number of H-pyrrole nitrogens is 1. The number of aromatic nitrogens is 1. The fraction of sp³-hybridized carbons (Fsp3) is 0.167. The van der Waals surface area contributed by atoms with Crippen molar-refractivity contribution in [3.63, 3.8) is 0 Å². The standard InChI is InChI=1S/C36H31FN2O3/c1-36(2,25-10-5-4-6-11-25)18-16-30(40)24-9-7-8-23(20-24)28-21-29-31(35(41)38-3)33(22-12-14-26(37)15-13-22)42-34(29)27-17-19-39-32(27)28/h4-15,17,19-21,39H,16,18H2,1-3H3,(H,38,41). The lowest BCUT2D eigenvalue weighted by Crippen LogP contribution is -2.18. The second-order valence-corrected chi connectivity index (χ2v) is 11.2. The summed E-state index contributed by atoms with van der Waals surface area (Å²) in [6.07, 6.45) is 2.98. The van der Waals surface area contributed by atoms with E-state index in [0.29, 0.717) is 39.8 Å². The van der Waals surface area contributed by atoms with Crippen LogP contribution in [0.4, 0.5) is 4.39 Å². The number of furan rings is 1. The van der Waals surface area contributed by atoms with Crippen LogP contribution in [0.25, 0.3) is 44.3 Å². The van der Waals surface area contributed by atoms with Crippen molar-refractivity contribution in [2.24, 2.45) is 0 Å². The van der Waals surface area contributed by atoms with Crippen molar-refractivity contribution >= 4 is 33.6 Å². The fourth-order valence-electron chi connectivity index (χ4n) is 5.63. The summed E-state index contributed by atoms with van der Waals surface area (Å²) in [7, 11) is 1.57. The van der Waals surface area contributed by atoms with Crippen LogP contribution in [-0.2, 0) is 5.41 Å². The molecule has 210 valence electrons.